The smallest absolute Gasteiger partial charge is 0.119 e. The molecule has 1 aromatic rings. The zero-order valence-electron chi connectivity index (χ0n) is 11.3. The summed E-state index contributed by atoms with van der Waals surface area (Å²) in [5.41, 5.74) is 0.703. The minimum atomic E-state index is -0.855. The third kappa shape index (κ3) is 4.64. The van der Waals surface area contributed by atoms with E-state index in [1.54, 1.807) is 12.1 Å². The van der Waals surface area contributed by atoms with Gasteiger partial charge < -0.3 is 20.3 Å². The van der Waals surface area contributed by atoms with E-state index in [0.29, 0.717) is 18.5 Å². The second-order valence-electron chi connectivity index (χ2n) is 4.64. The normalized spacial score (nSPS) is 14.6. The maximum atomic E-state index is 9.97. The lowest BCUT2D eigenvalue weighted by atomic mass is 10.0. The van der Waals surface area contributed by atoms with Gasteiger partial charge in [-0.1, -0.05) is 12.1 Å². The first-order valence-corrected chi connectivity index (χ1v) is 6.32. The molecule has 2 atom stereocenters. The van der Waals surface area contributed by atoms with Gasteiger partial charge in [0.2, 0.25) is 0 Å². The van der Waals surface area contributed by atoms with E-state index in [2.05, 4.69) is 5.32 Å². The molecule has 0 fully saturated rings. The summed E-state index contributed by atoms with van der Waals surface area (Å²) in [4.78, 5) is 0. The molecule has 0 aliphatic carbocycles. The topological polar surface area (TPSA) is 61.7 Å². The molecule has 4 heteroatoms. The van der Waals surface area contributed by atoms with Crippen LogP contribution in [0.4, 0.5) is 0 Å². The number of benzene rings is 1. The van der Waals surface area contributed by atoms with Gasteiger partial charge in [-0.3, -0.25) is 0 Å². The quantitative estimate of drug-likeness (QED) is 0.689. The number of hydrogen-bond donors (Lipinski definition) is 3. The van der Waals surface area contributed by atoms with Gasteiger partial charge in [-0.2, -0.15) is 0 Å². The van der Waals surface area contributed by atoms with Crippen molar-refractivity contribution in [3.63, 3.8) is 0 Å². The lowest BCUT2D eigenvalue weighted by molar-refractivity contribution is 0.0140. The van der Waals surface area contributed by atoms with Crippen LogP contribution in [-0.4, -0.2) is 36.0 Å². The summed E-state index contributed by atoms with van der Waals surface area (Å²) >= 11 is 0. The largest absolute Gasteiger partial charge is 0.491 e. The number of hydrogen-bond acceptors (Lipinski definition) is 4. The van der Waals surface area contributed by atoms with Crippen LogP contribution in [0.5, 0.6) is 5.75 Å². The van der Waals surface area contributed by atoms with Crippen molar-refractivity contribution < 1.29 is 14.9 Å². The Balaban J connectivity index is 2.60. The molecular formula is C14H23NO3. The van der Waals surface area contributed by atoms with Crippen molar-refractivity contribution in [2.45, 2.75) is 38.6 Å². The lowest BCUT2D eigenvalue weighted by Gasteiger charge is -2.18. The lowest BCUT2D eigenvalue weighted by Crippen LogP contribution is -2.23. The fourth-order valence-electron chi connectivity index (χ4n) is 1.69. The van der Waals surface area contributed by atoms with E-state index in [1.165, 1.54) is 0 Å². The number of ether oxygens (including phenoxy) is 1. The minimum absolute atomic E-state index is 0.127. The number of aliphatic hydroxyl groups is 2. The fourth-order valence-corrected chi connectivity index (χ4v) is 1.69. The van der Waals surface area contributed by atoms with E-state index in [-0.39, 0.29) is 6.10 Å². The maximum Gasteiger partial charge on any atom is 0.119 e. The van der Waals surface area contributed by atoms with E-state index in [4.69, 9.17) is 4.74 Å². The van der Waals surface area contributed by atoms with E-state index < -0.39 is 12.2 Å². The second-order valence-corrected chi connectivity index (χ2v) is 4.64. The predicted molar refractivity (Wildman–Crippen MR) is 71.7 cm³/mol. The molecule has 0 saturated carbocycles. The average Bonchev–Trinajstić information content (AvgIpc) is 2.35. The summed E-state index contributed by atoms with van der Waals surface area (Å²) in [5.74, 6) is 0.769. The monoisotopic (exact) mass is 253 g/mol. The standard InChI is InChI=1S/C14H23NO3/c1-10(2)18-12-6-4-11(5-7-12)14(17)13(16)8-9-15-3/h4-7,10,13-17H,8-9H2,1-3H3. The summed E-state index contributed by atoms with van der Waals surface area (Å²) < 4.78 is 5.52. The highest BCUT2D eigenvalue weighted by Gasteiger charge is 2.17. The molecule has 1 rings (SSSR count). The SMILES string of the molecule is CNCCC(O)C(O)c1ccc(OC(C)C)cc1. The molecule has 0 aromatic heterocycles. The van der Waals surface area contributed by atoms with Crippen LogP contribution >= 0.6 is 0 Å². The summed E-state index contributed by atoms with van der Waals surface area (Å²) in [5, 5.41) is 22.7. The fraction of sp³-hybridized carbons (Fsp3) is 0.571. The first-order chi connectivity index (χ1) is 8.54. The summed E-state index contributed by atoms with van der Waals surface area (Å²) in [6.07, 6.45) is -0.968. The van der Waals surface area contributed by atoms with Crippen molar-refractivity contribution >= 4 is 0 Å². The highest BCUT2D eigenvalue weighted by molar-refractivity contribution is 5.29. The van der Waals surface area contributed by atoms with Gasteiger partial charge in [0.25, 0.3) is 0 Å². The molecule has 0 aliphatic heterocycles. The zero-order valence-corrected chi connectivity index (χ0v) is 11.3. The van der Waals surface area contributed by atoms with Gasteiger partial charge in [0, 0.05) is 0 Å². The Hall–Kier alpha value is -1.10. The Morgan fingerprint density at radius 1 is 1.17 bits per heavy atom. The molecule has 0 heterocycles. The number of nitrogens with one attached hydrogen (secondary N) is 1. The molecule has 18 heavy (non-hydrogen) atoms. The Labute approximate surface area is 109 Å². The third-order valence-corrected chi connectivity index (χ3v) is 2.65. The molecule has 3 N–H and O–H groups in total. The Morgan fingerprint density at radius 3 is 2.28 bits per heavy atom. The molecule has 1 aromatic carbocycles. The van der Waals surface area contributed by atoms with Crippen molar-refractivity contribution in [2.75, 3.05) is 13.6 Å². The summed E-state index contributed by atoms with van der Waals surface area (Å²) in [7, 11) is 1.82. The Bertz CT molecular complexity index is 337. The van der Waals surface area contributed by atoms with E-state index in [0.717, 1.165) is 5.75 Å². The Kier molecular flexibility index (Phi) is 6.12. The van der Waals surface area contributed by atoms with E-state index in [9.17, 15) is 10.2 Å². The summed E-state index contributed by atoms with van der Waals surface area (Å²) in [6.45, 7) is 4.60. The number of aliphatic hydroxyl groups excluding tert-OH is 2. The van der Waals surface area contributed by atoms with Crippen LogP contribution < -0.4 is 10.1 Å². The van der Waals surface area contributed by atoms with Crippen LogP contribution in [0, 0.1) is 0 Å². The highest BCUT2D eigenvalue weighted by atomic mass is 16.5. The van der Waals surface area contributed by atoms with E-state index >= 15 is 0 Å². The molecule has 2 unspecified atom stereocenters. The van der Waals surface area contributed by atoms with Crippen LogP contribution in [0.15, 0.2) is 24.3 Å². The van der Waals surface area contributed by atoms with Crippen molar-refractivity contribution in [1.29, 1.82) is 0 Å². The molecule has 0 amide bonds. The van der Waals surface area contributed by atoms with Gasteiger partial charge in [0.1, 0.15) is 11.9 Å². The molecule has 0 radical (unpaired) electrons. The van der Waals surface area contributed by atoms with Crippen LogP contribution in [0.1, 0.15) is 31.9 Å². The minimum Gasteiger partial charge on any atom is -0.491 e. The van der Waals surface area contributed by atoms with Crippen molar-refractivity contribution in [2.24, 2.45) is 0 Å². The summed E-state index contributed by atoms with van der Waals surface area (Å²) in [6, 6.07) is 7.18. The first-order valence-electron chi connectivity index (χ1n) is 6.32. The van der Waals surface area contributed by atoms with Crippen molar-refractivity contribution in [3.8, 4) is 5.75 Å². The van der Waals surface area contributed by atoms with Crippen molar-refractivity contribution in [3.05, 3.63) is 29.8 Å². The molecule has 0 saturated heterocycles. The van der Waals surface area contributed by atoms with Crippen LogP contribution in [0.2, 0.25) is 0 Å². The van der Waals surface area contributed by atoms with Gasteiger partial charge in [-0.25, -0.2) is 0 Å². The number of rotatable bonds is 7. The molecule has 0 spiro atoms. The second kappa shape index (κ2) is 7.36. The van der Waals surface area contributed by atoms with Crippen LogP contribution in [0.25, 0.3) is 0 Å². The molecule has 0 bridgehead atoms. The average molecular weight is 253 g/mol. The van der Waals surface area contributed by atoms with E-state index in [1.807, 2.05) is 33.0 Å². The van der Waals surface area contributed by atoms with Gasteiger partial charge in [0.15, 0.2) is 0 Å². The van der Waals surface area contributed by atoms with Crippen molar-refractivity contribution in [1.82, 2.24) is 5.32 Å². The van der Waals surface area contributed by atoms with Gasteiger partial charge in [-0.15, -0.1) is 0 Å². The predicted octanol–water partition coefficient (Wildman–Crippen LogP) is 1.48. The van der Waals surface area contributed by atoms with Crippen LogP contribution in [0.3, 0.4) is 0 Å². The molecule has 4 nitrogen and oxygen atoms in total. The first kappa shape index (κ1) is 15.0. The Morgan fingerprint density at radius 2 is 1.78 bits per heavy atom. The zero-order chi connectivity index (χ0) is 13.5. The van der Waals surface area contributed by atoms with Gasteiger partial charge >= 0.3 is 0 Å². The van der Waals surface area contributed by atoms with Crippen LogP contribution in [-0.2, 0) is 0 Å². The van der Waals surface area contributed by atoms with Gasteiger partial charge in [-0.05, 0) is 51.6 Å². The molecule has 0 aliphatic rings. The maximum absolute atomic E-state index is 9.97. The third-order valence-electron chi connectivity index (χ3n) is 2.65. The van der Waals surface area contributed by atoms with Gasteiger partial charge in [0.05, 0.1) is 12.2 Å². The molecular weight excluding hydrogens is 230 g/mol. The highest BCUT2D eigenvalue weighted by Crippen LogP contribution is 2.22. The molecule has 102 valence electrons.